The van der Waals surface area contributed by atoms with Crippen molar-refractivity contribution in [1.82, 2.24) is 0 Å². The Labute approximate surface area is 125 Å². The monoisotopic (exact) mass is 292 g/mol. The van der Waals surface area contributed by atoms with Crippen LogP contribution in [0.15, 0.2) is 29.2 Å². The van der Waals surface area contributed by atoms with E-state index >= 15 is 0 Å². The molecule has 1 N–H and O–H groups in total. The molecule has 0 bridgehead atoms. The van der Waals surface area contributed by atoms with E-state index in [2.05, 4.69) is 18.4 Å². The number of hydrogen-bond acceptors (Lipinski definition) is 3. The smallest absolute Gasteiger partial charge is 0.0830 e. The maximum absolute atomic E-state index is 10.8. The van der Waals surface area contributed by atoms with E-state index in [0.29, 0.717) is 5.92 Å². The average molecular weight is 292 g/mol. The Morgan fingerprint density at radius 2 is 2.05 bits per heavy atom. The Hall–Kier alpha value is -0.510. The van der Waals surface area contributed by atoms with Crippen molar-refractivity contribution in [2.75, 3.05) is 12.9 Å². The number of benzene rings is 1. The van der Waals surface area contributed by atoms with Gasteiger partial charge in [-0.2, -0.15) is 0 Å². The molecule has 0 amide bonds. The van der Waals surface area contributed by atoms with Crippen LogP contribution in [0.1, 0.15) is 50.2 Å². The van der Waals surface area contributed by atoms with E-state index < -0.39 is 0 Å². The van der Waals surface area contributed by atoms with Gasteiger partial charge in [-0.3, -0.25) is 0 Å². The summed E-state index contributed by atoms with van der Waals surface area (Å²) in [5, 5.41) is 10.8. The summed E-state index contributed by atoms with van der Waals surface area (Å²) in [6.45, 7) is 0.809. The van der Waals surface area contributed by atoms with E-state index in [1.54, 1.807) is 11.8 Å². The Morgan fingerprint density at radius 3 is 2.80 bits per heavy atom. The minimum Gasteiger partial charge on any atom is -0.388 e. The van der Waals surface area contributed by atoms with Crippen LogP contribution in [0.4, 0.5) is 0 Å². The largest absolute Gasteiger partial charge is 0.388 e. The Morgan fingerprint density at radius 1 is 1.30 bits per heavy atom. The molecule has 3 heteroatoms. The van der Waals surface area contributed by atoms with Crippen LogP contribution >= 0.6 is 11.8 Å². The molecule has 0 radical (unpaired) electrons. The van der Waals surface area contributed by atoms with Gasteiger partial charge in [-0.25, -0.2) is 0 Å². The molecule has 2 nitrogen and oxygen atoms in total. The molecule has 1 aromatic rings. The summed E-state index contributed by atoms with van der Waals surface area (Å²) in [6.07, 6.45) is 8.66. The molecule has 2 unspecified atom stereocenters. The van der Waals surface area contributed by atoms with Gasteiger partial charge in [-0.1, -0.05) is 31.0 Å². The van der Waals surface area contributed by atoms with Crippen molar-refractivity contribution in [1.29, 1.82) is 0 Å². The summed E-state index contributed by atoms with van der Waals surface area (Å²) in [5.74, 6) is 0.343. The van der Waals surface area contributed by atoms with Crippen LogP contribution in [0.2, 0.25) is 0 Å². The van der Waals surface area contributed by atoms with E-state index in [4.69, 9.17) is 4.74 Å². The molecule has 1 aliphatic heterocycles. The summed E-state index contributed by atoms with van der Waals surface area (Å²) in [5.41, 5.74) is 1.18. The molecule has 1 saturated heterocycles. The maximum atomic E-state index is 10.8. The first kappa shape index (κ1) is 14.4. The third kappa shape index (κ3) is 2.76. The van der Waals surface area contributed by atoms with Gasteiger partial charge in [0.1, 0.15) is 0 Å². The standard InChI is InChI=1S/C17H24O2S/c1-20-15-7-3-2-6-14(15)16(18)13-8-11-19-17(12-13)9-4-5-10-17/h2-3,6-7,13,16,18H,4-5,8-12H2,1H3. The lowest BCUT2D eigenvalue weighted by atomic mass is 9.80. The van der Waals surface area contributed by atoms with Crippen LogP contribution in [0.3, 0.4) is 0 Å². The fourth-order valence-electron chi connectivity index (χ4n) is 3.87. The van der Waals surface area contributed by atoms with Crippen molar-refractivity contribution in [3.8, 4) is 0 Å². The van der Waals surface area contributed by atoms with Gasteiger partial charge in [0.25, 0.3) is 0 Å². The number of hydrogen-bond donors (Lipinski definition) is 1. The molecule has 20 heavy (non-hydrogen) atoms. The van der Waals surface area contributed by atoms with Gasteiger partial charge in [0.05, 0.1) is 11.7 Å². The van der Waals surface area contributed by atoms with Crippen molar-refractivity contribution in [2.24, 2.45) is 5.92 Å². The fraction of sp³-hybridized carbons (Fsp3) is 0.647. The summed E-state index contributed by atoms with van der Waals surface area (Å²) < 4.78 is 6.08. The second kappa shape index (κ2) is 6.08. The summed E-state index contributed by atoms with van der Waals surface area (Å²) in [7, 11) is 0. The summed E-state index contributed by atoms with van der Waals surface area (Å²) in [6, 6.07) is 8.26. The van der Waals surface area contributed by atoms with Gasteiger partial charge in [0, 0.05) is 11.5 Å². The van der Waals surface area contributed by atoms with Crippen molar-refractivity contribution in [2.45, 2.75) is 55.1 Å². The van der Waals surface area contributed by atoms with Crippen molar-refractivity contribution in [3.05, 3.63) is 29.8 Å². The Balaban J connectivity index is 1.77. The van der Waals surface area contributed by atoms with Crippen LogP contribution in [0.5, 0.6) is 0 Å². The van der Waals surface area contributed by atoms with Gasteiger partial charge in [0.15, 0.2) is 0 Å². The highest BCUT2D eigenvalue weighted by Crippen LogP contribution is 2.46. The van der Waals surface area contributed by atoms with Gasteiger partial charge in [-0.15, -0.1) is 11.8 Å². The van der Waals surface area contributed by atoms with Gasteiger partial charge in [-0.05, 0) is 49.5 Å². The molecular weight excluding hydrogens is 268 g/mol. The van der Waals surface area contributed by atoms with Gasteiger partial charge >= 0.3 is 0 Å². The van der Waals surface area contributed by atoms with Crippen LogP contribution in [0.25, 0.3) is 0 Å². The van der Waals surface area contributed by atoms with Gasteiger partial charge < -0.3 is 9.84 Å². The quantitative estimate of drug-likeness (QED) is 0.847. The van der Waals surface area contributed by atoms with E-state index in [1.807, 2.05) is 12.1 Å². The molecule has 2 atom stereocenters. The molecule has 2 aliphatic rings. The molecule has 3 rings (SSSR count). The predicted molar refractivity (Wildman–Crippen MR) is 83.1 cm³/mol. The molecule has 1 spiro atoms. The third-order valence-corrected chi connectivity index (χ3v) is 5.76. The SMILES string of the molecule is CSc1ccccc1C(O)C1CCOC2(CCCC2)C1. The number of aliphatic hydroxyl groups is 1. The zero-order valence-electron chi connectivity index (χ0n) is 12.2. The van der Waals surface area contributed by atoms with Crippen LogP contribution in [0, 0.1) is 5.92 Å². The van der Waals surface area contributed by atoms with Crippen molar-refractivity contribution >= 4 is 11.8 Å². The molecule has 0 aromatic heterocycles. The first-order valence-corrected chi connectivity index (χ1v) is 8.91. The number of thioether (sulfide) groups is 1. The summed E-state index contributed by atoms with van der Waals surface area (Å²) >= 11 is 1.72. The fourth-order valence-corrected chi connectivity index (χ4v) is 4.51. The first-order chi connectivity index (χ1) is 9.74. The van der Waals surface area contributed by atoms with Crippen LogP contribution in [-0.4, -0.2) is 23.6 Å². The zero-order valence-corrected chi connectivity index (χ0v) is 13.0. The van der Waals surface area contributed by atoms with E-state index in [1.165, 1.54) is 30.6 Å². The lowest BCUT2D eigenvalue weighted by Crippen LogP contribution is -2.39. The summed E-state index contributed by atoms with van der Waals surface area (Å²) in [4.78, 5) is 1.20. The van der Waals surface area contributed by atoms with E-state index in [0.717, 1.165) is 25.0 Å². The Kier molecular flexibility index (Phi) is 4.39. The molecular formula is C17H24O2S. The van der Waals surface area contributed by atoms with Gasteiger partial charge in [0.2, 0.25) is 0 Å². The molecule has 1 heterocycles. The number of ether oxygens (including phenoxy) is 1. The van der Waals surface area contributed by atoms with Crippen molar-refractivity contribution in [3.63, 3.8) is 0 Å². The van der Waals surface area contributed by atoms with Crippen LogP contribution in [-0.2, 0) is 4.74 Å². The molecule has 1 aliphatic carbocycles. The lowest BCUT2D eigenvalue weighted by Gasteiger charge is -2.40. The zero-order chi connectivity index (χ0) is 14.0. The topological polar surface area (TPSA) is 29.5 Å². The third-order valence-electron chi connectivity index (χ3n) is 4.95. The minimum atomic E-state index is -0.347. The average Bonchev–Trinajstić information content (AvgIpc) is 2.94. The maximum Gasteiger partial charge on any atom is 0.0830 e. The highest BCUT2D eigenvalue weighted by atomic mass is 32.2. The van der Waals surface area contributed by atoms with E-state index in [9.17, 15) is 5.11 Å². The normalized spacial score (nSPS) is 26.8. The number of rotatable bonds is 3. The highest BCUT2D eigenvalue weighted by Gasteiger charge is 2.42. The molecule has 110 valence electrons. The molecule has 1 saturated carbocycles. The highest BCUT2D eigenvalue weighted by molar-refractivity contribution is 7.98. The predicted octanol–water partition coefficient (Wildman–Crippen LogP) is 4.18. The lowest BCUT2D eigenvalue weighted by molar-refractivity contribution is -0.113. The first-order valence-electron chi connectivity index (χ1n) is 7.69. The number of aliphatic hydroxyl groups excluding tert-OH is 1. The van der Waals surface area contributed by atoms with E-state index in [-0.39, 0.29) is 11.7 Å². The minimum absolute atomic E-state index is 0.0815. The Bertz CT molecular complexity index is 454. The second-order valence-electron chi connectivity index (χ2n) is 6.18. The van der Waals surface area contributed by atoms with Crippen molar-refractivity contribution < 1.29 is 9.84 Å². The van der Waals surface area contributed by atoms with Crippen LogP contribution < -0.4 is 0 Å². The molecule has 1 aromatic carbocycles. The second-order valence-corrected chi connectivity index (χ2v) is 7.03. The molecule has 2 fully saturated rings.